The number of unbranched alkanes of at least 4 members (excludes halogenated alkanes) is 3. The molecule has 0 fully saturated rings. The van der Waals surface area contributed by atoms with Crippen molar-refractivity contribution in [3.05, 3.63) is 12.3 Å². The van der Waals surface area contributed by atoms with Crippen LogP contribution in [0.2, 0.25) is 19.1 Å². The fourth-order valence-electron chi connectivity index (χ4n) is 1.35. The van der Waals surface area contributed by atoms with Gasteiger partial charge in [-0.3, -0.25) is 4.99 Å². The van der Waals surface area contributed by atoms with Crippen LogP contribution in [0, 0.1) is 0 Å². The topological polar surface area (TPSA) is 12.4 Å². The van der Waals surface area contributed by atoms with E-state index in [9.17, 15) is 0 Å². The highest BCUT2D eigenvalue weighted by Crippen LogP contribution is 2.11. The molecule has 0 N–H and O–H groups in total. The first-order valence-corrected chi connectivity index (χ1v) is 9.52. The summed E-state index contributed by atoms with van der Waals surface area (Å²) in [4.78, 5) is 4.44. The van der Waals surface area contributed by atoms with Crippen LogP contribution in [0.15, 0.2) is 17.3 Å². The molecule has 2 heteroatoms. The Kier molecular flexibility index (Phi) is 8.68. The first-order chi connectivity index (χ1) is 7.12. The Balaban J connectivity index is 3.35. The number of nitrogens with zero attached hydrogens (tertiary/aromatic N) is 1. The van der Waals surface area contributed by atoms with E-state index in [1.807, 2.05) is 0 Å². The van der Waals surface area contributed by atoms with Gasteiger partial charge in [0.25, 0.3) is 0 Å². The van der Waals surface area contributed by atoms with Crippen molar-refractivity contribution < 1.29 is 0 Å². The molecule has 0 spiro atoms. The van der Waals surface area contributed by atoms with Crippen LogP contribution in [0.4, 0.5) is 0 Å². The minimum atomic E-state index is -1.09. The van der Waals surface area contributed by atoms with Crippen molar-refractivity contribution in [2.24, 2.45) is 4.99 Å². The van der Waals surface area contributed by atoms with Gasteiger partial charge in [-0.05, 0) is 25.1 Å². The van der Waals surface area contributed by atoms with E-state index in [2.05, 4.69) is 43.5 Å². The van der Waals surface area contributed by atoms with E-state index in [0.717, 1.165) is 13.0 Å². The lowest BCUT2D eigenvalue weighted by molar-refractivity contribution is 0.675. The normalized spacial score (nSPS) is 12.2. The molecule has 15 heavy (non-hydrogen) atoms. The summed E-state index contributed by atoms with van der Waals surface area (Å²) in [5, 5.41) is 0. The van der Waals surface area contributed by atoms with Crippen molar-refractivity contribution in [1.29, 1.82) is 0 Å². The summed E-state index contributed by atoms with van der Waals surface area (Å²) in [5.74, 6) is 0. The highest BCUT2D eigenvalue weighted by molar-refractivity contribution is 6.82. The van der Waals surface area contributed by atoms with Crippen molar-refractivity contribution in [2.45, 2.75) is 58.2 Å². The predicted molar refractivity (Wildman–Crippen MR) is 74.6 cm³/mol. The smallest absolute Gasteiger partial charge is 0.0713 e. The molecule has 1 nitrogen and oxygen atoms in total. The molecule has 0 aliphatic heterocycles. The molecule has 0 unspecified atom stereocenters. The molecule has 0 aromatic carbocycles. The lowest BCUT2D eigenvalue weighted by Crippen LogP contribution is -2.21. The Labute approximate surface area is 96.7 Å². The highest BCUT2D eigenvalue weighted by atomic mass is 28.3. The highest BCUT2D eigenvalue weighted by Gasteiger charge is 2.13. The van der Waals surface area contributed by atoms with Crippen LogP contribution in [0.5, 0.6) is 0 Å². The van der Waals surface area contributed by atoms with Gasteiger partial charge in [0, 0.05) is 6.54 Å². The van der Waals surface area contributed by atoms with Gasteiger partial charge in [0.15, 0.2) is 0 Å². The van der Waals surface area contributed by atoms with Crippen LogP contribution < -0.4 is 0 Å². The average Bonchev–Trinajstić information content (AvgIpc) is 2.22. The maximum absolute atomic E-state index is 4.44. The second-order valence-electron chi connectivity index (χ2n) is 4.88. The summed E-state index contributed by atoms with van der Waals surface area (Å²) in [6, 6.07) is 1.29. The zero-order valence-corrected chi connectivity index (χ0v) is 11.8. The fourth-order valence-corrected chi connectivity index (χ4v) is 2.43. The predicted octanol–water partition coefficient (Wildman–Crippen LogP) is 4.46. The second kappa shape index (κ2) is 8.90. The Morgan fingerprint density at radius 2 is 1.93 bits per heavy atom. The summed E-state index contributed by atoms with van der Waals surface area (Å²) >= 11 is 0. The van der Waals surface area contributed by atoms with Crippen molar-refractivity contribution >= 4 is 14.3 Å². The van der Waals surface area contributed by atoms with Crippen LogP contribution in [0.25, 0.3) is 0 Å². The van der Waals surface area contributed by atoms with Gasteiger partial charge < -0.3 is 0 Å². The summed E-state index contributed by atoms with van der Waals surface area (Å²) in [6.07, 6.45) is 8.51. The van der Waals surface area contributed by atoms with Crippen LogP contribution in [0.1, 0.15) is 39.0 Å². The van der Waals surface area contributed by atoms with Crippen molar-refractivity contribution in [3.63, 3.8) is 0 Å². The fraction of sp³-hybridized carbons (Fsp3) is 0.769. The maximum atomic E-state index is 4.44. The molecule has 0 radical (unpaired) electrons. The van der Waals surface area contributed by atoms with Crippen LogP contribution >= 0.6 is 0 Å². The van der Waals surface area contributed by atoms with E-state index in [1.165, 1.54) is 31.7 Å². The quantitative estimate of drug-likeness (QED) is 0.312. The van der Waals surface area contributed by atoms with E-state index in [1.54, 1.807) is 0 Å². The third kappa shape index (κ3) is 9.92. The Morgan fingerprint density at radius 1 is 1.20 bits per heavy atom. The first-order valence-electron chi connectivity index (χ1n) is 6.24. The monoisotopic (exact) mass is 225 g/mol. The Morgan fingerprint density at radius 3 is 2.53 bits per heavy atom. The van der Waals surface area contributed by atoms with Gasteiger partial charge in [0.1, 0.15) is 0 Å². The number of hydrogen-bond donors (Lipinski definition) is 0. The molecule has 0 aliphatic carbocycles. The Bertz CT molecular complexity index is 185. The molecule has 0 atom stereocenters. The van der Waals surface area contributed by atoms with Crippen LogP contribution in [-0.2, 0) is 0 Å². The molecule has 0 heterocycles. The van der Waals surface area contributed by atoms with E-state index in [4.69, 9.17) is 0 Å². The molecule has 0 aromatic rings. The summed E-state index contributed by atoms with van der Waals surface area (Å²) in [7, 11) is -1.09. The van der Waals surface area contributed by atoms with E-state index >= 15 is 0 Å². The van der Waals surface area contributed by atoms with Crippen molar-refractivity contribution in [1.82, 2.24) is 0 Å². The number of rotatable bonds is 9. The molecule has 0 aromatic heterocycles. The zero-order chi connectivity index (χ0) is 11.6. The standard InChI is InChI=1S/C13H27NSi/c1-5-7-8-9-11-14-12-10-13-15(3,4)6-2/h6,12H,2,5,7-11,13H2,1,3-4H3. The molecule has 0 bridgehead atoms. The summed E-state index contributed by atoms with van der Waals surface area (Å²) in [5.41, 5.74) is 2.17. The molecule has 0 aliphatic rings. The largest absolute Gasteiger partial charge is 0.298 e. The molecular weight excluding hydrogens is 198 g/mol. The molecule has 0 rings (SSSR count). The summed E-state index contributed by atoms with van der Waals surface area (Å²) < 4.78 is 0. The third-order valence-corrected chi connectivity index (χ3v) is 5.42. The van der Waals surface area contributed by atoms with Gasteiger partial charge >= 0.3 is 0 Å². The average molecular weight is 225 g/mol. The van der Waals surface area contributed by atoms with E-state index < -0.39 is 8.07 Å². The third-order valence-electron chi connectivity index (χ3n) is 2.74. The van der Waals surface area contributed by atoms with Gasteiger partial charge in [0.2, 0.25) is 0 Å². The van der Waals surface area contributed by atoms with E-state index in [0.29, 0.717) is 0 Å². The number of hydrogen-bond acceptors (Lipinski definition) is 1. The van der Waals surface area contributed by atoms with Gasteiger partial charge in [-0.1, -0.05) is 39.3 Å². The SMILES string of the molecule is C=C[Si](C)(C)CCC=NCCCCCC. The minimum Gasteiger partial charge on any atom is -0.298 e. The maximum Gasteiger partial charge on any atom is 0.0713 e. The van der Waals surface area contributed by atoms with Crippen molar-refractivity contribution in [3.8, 4) is 0 Å². The van der Waals surface area contributed by atoms with Crippen LogP contribution in [-0.4, -0.2) is 20.8 Å². The van der Waals surface area contributed by atoms with Crippen molar-refractivity contribution in [2.75, 3.05) is 6.54 Å². The van der Waals surface area contributed by atoms with Crippen LogP contribution in [0.3, 0.4) is 0 Å². The van der Waals surface area contributed by atoms with Gasteiger partial charge in [0.05, 0.1) is 8.07 Å². The minimum absolute atomic E-state index is 1.02. The molecule has 88 valence electrons. The summed E-state index contributed by atoms with van der Waals surface area (Å²) in [6.45, 7) is 11.9. The lowest BCUT2D eigenvalue weighted by Gasteiger charge is -2.14. The zero-order valence-electron chi connectivity index (χ0n) is 10.8. The van der Waals surface area contributed by atoms with E-state index in [-0.39, 0.29) is 0 Å². The molecule has 0 saturated carbocycles. The number of aliphatic imine (C=N–C) groups is 1. The Hall–Kier alpha value is -0.373. The lowest BCUT2D eigenvalue weighted by atomic mass is 10.2. The van der Waals surface area contributed by atoms with Gasteiger partial charge in [-0.25, -0.2) is 0 Å². The first kappa shape index (κ1) is 14.6. The van der Waals surface area contributed by atoms with Gasteiger partial charge in [-0.15, -0.1) is 12.3 Å². The molecule has 0 saturated heterocycles. The second-order valence-corrected chi connectivity index (χ2v) is 9.77. The molecular formula is C13H27NSi. The van der Waals surface area contributed by atoms with Gasteiger partial charge in [-0.2, -0.15) is 0 Å². The molecule has 0 amide bonds.